The molecule has 0 radical (unpaired) electrons. The molecule has 1 amide bonds. The van der Waals surface area contributed by atoms with Crippen LogP contribution in [0.4, 0.5) is 4.39 Å². The third kappa shape index (κ3) is 7.07. The molecule has 1 heterocycles. The summed E-state index contributed by atoms with van der Waals surface area (Å²) in [6, 6.07) is 12.1. The van der Waals surface area contributed by atoms with Gasteiger partial charge in [0.05, 0.1) is 25.2 Å². The number of ether oxygens (including phenoxy) is 3. The number of methoxy groups -OCH3 is 1. The van der Waals surface area contributed by atoms with Gasteiger partial charge in [-0.3, -0.25) is 4.79 Å². The van der Waals surface area contributed by atoms with E-state index in [-0.39, 0.29) is 60.6 Å². The molecule has 0 unspecified atom stereocenters. The van der Waals surface area contributed by atoms with Gasteiger partial charge in [0.2, 0.25) is 16.3 Å². The van der Waals surface area contributed by atoms with Gasteiger partial charge >= 0.3 is 0 Å². The van der Waals surface area contributed by atoms with Gasteiger partial charge in [-0.2, -0.15) is 4.31 Å². The van der Waals surface area contributed by atoms with E-state index in [0.29, 0.717) is 12.2 Å². The first-order valence-corrected chi connectivity index (χ1v) is 13.6. The Labute approximate surface area is 215 Å². The van der Waals surface area contributed by atoms with E-state index >= 15 is 0 Å². The molecule has 2 N–H and O–H groups in total. The highest BCUT2D eigenvalue weighted by Crippen LogP contribution is 2.32. The van der Waals surface area contributed by atoms with Crippen molar-refractivity contribution >= 4 is 15.9 Å². The molecule has 2 atom stereocenters. The Balaban J connectivity index is 1.43. The predicted octanol–water partition coefficient (Wildman–Crippen LogP) is 2.53. The summed E-state index contributed by atoms with van der Waals surface area (Å²) in [6.07, 6.45) is 3.08. The SMILES string of the molecule is COc1ccc(S(=O)(=O)N(CCO)CCO[C@@H]2C[C@H](c3ccc(F)cc3)C=C(C(=O)NC3CC3)O2)cc1. The van der Waals surface area contributed by atoms with Crippen LogP contribution in [-0.4, -0.2) is 69.5 Å². The van der Waals surface area contributed by atoms with Crippen molar-refractivity contribution in [3.05, 3.63) is 71.7 Å². The molecule has 1 saturated carbocycles. The Morgan fingerprint density at radius 3 is 2.46 bits per heavy atom. The van der Waals surface area contributed by atoms with Crippen LogP contribution >= 0.6 is 0 Å². The molecule has 0 aromatic heterocycles. The van der Waals surface area contributed by atoms with E-state index in [9.17, 15) is 22.7 Å². The van der Waals surface area contributed by atoms with E-state index in [1.807, 2.05) is 0 Å². The zero-order valence-electron chi connectivity index (χ0n) is 20.5. The van der Waals surface area contributed by atoms with Gasteiger partial charge in [0, 0.05) is 31.5 Å². The lowest BCUT2D eigenvalue weighted by molar-refractivity contribution is -0.146. The van der Waals surface area contributed by atoms with Crippen molar-refractivity contribution in [2.24, 2.45) is 0 Å². The zero-order valence-corrected chi connectivity index (χ0v) is 21.3. The Morgan fingerprint density at radius 1 is 1.14 bits per heavy atom. The smallest absolute Gasteiger partial charge is 0.286 e. The number of rotatable bonds is 12. The van der Waals surface area contributed by atoms with E-state index in [1.165, 1.54) is 31.4 Å². The summed E-state index contributed by atoms with van der Waals surface area (Å²) in [5.41, 5.74) is 0.805. The topological polar surface area (TPSA) is 114 Å². The maximum Gasteiger partial charge on any atom is 0.286 e. The number of hydrogen-bond donors (Lipinski definition) is 2. The minimum atomic E-state index is -3.89. The third-order valence-corrected chi connectivity index (χ3v) is 8.10. The van der Waals surface area contributed by atoms with Gasteiger partial charge in [0.25, 0.3) is 5.91 Å². The van der Waals surface area contributed by atoms with E-state index in [2.05, 4.69) is 5.32 Å². The molecule has 9 nitrogen and oxygen atoms in total. The Bertz CT molecular complexity index is 1200. The fourth-order valence-electron chi connectivity index (χ4n) is 3.99. The average molecular weight is 535 g/mol. The lowest BCUT2D eigenvalue weighted by Gasteiger charge is -2.30. The highest BCUT2D eigenvalue weighted by Gasteiger charge is 2.32. The average Bonchev–Trinajstić information content (AvgIpc) is 3.72. The number of sulfonamides is 1. The third-order valence-electron chi connectivity index (χ3n) is 6.18. The van der Waals surface area contributed by atoms with Crippen molar-refractivity contribution in [2.45, 2.75) is 42.4 Å². The second kappa shape index (κ2) is 12.0. The normalized spacial score (nSPS) is 19.7. The zero-order chi connectivity index (χ0) is 26.4. The number of hydrogen-bond acceptors (Lipinski definition) is 7. The monoisotopic (exact) mass is 534 g/mol. The fraction of sp³-hybridized carbons (Fsp3) is 0.423. The molecule has 0 saturated heterocycles. The van der Waals surface area contributed by atoms with Gasteiger partial charge in [-0.05, 0) is 60.9 Å². The highest BCUT2D eigenvalue weighted by atomic mass is 32.2. The van der Waals surface area contributed by atoms with Crippen molar-refractivity contribution in [3.63, 3.8) is 0 Å². The summed E-state index contributed by atoms with van der Waals surface area (Å²) in [7, 11) is -2.40. The van der Waals surface area contributed by atoms with Crippen molar-refractivity contribution in [2.75, 3.05) is 33.4 Å². The standard InChI is InChI=1S/C26H31FN2O7S/c1-34-22-8-10-23(11-9-22)37(32,33)29(12-14-30)13-15-35-25-17-19(18-2-4-20(27)5-3-18)16-24(36-25)26(31)28-21-6-7-21/h2-5,8-11,16,19,21,25,30H,6-7,12-15,17H2,1H3,(H,28,31)/t19-,25+/m1/s1. The molecule has 1 aliphatic heterocycles. The molecule has 4 rings (SSSR count). The predicted molar refractivity (Wildman–Crippen MR) is 133 cm³/mol. The first-order valence-electron chi connectivity index (χ1n) is 12.1. The van der Waals surface area contributed by atoms with Gasteiger partial charge in [0.15, 0.2) is 5.76 Å². The minimum Gasteiger partial charge on any atom is -0.497 e. The molecule has 2 aliphatic rings. The summed E-state index contributed by atoms with van der Waals surface area (Å²) in [5, 5.41) is 12.4. The van der Waals surface area contributed by atoms with Crippen LogP contribution in [0.25, 0.3) is 0 Å². The minimum absolute atomic E-state index is 0.0340. The van der Waals surface area contributed by atoms with E-state index in [0.717, 1.165) is 22.7 Å². The first-order chi connectivity index (χ1) is 17.8. The van der Waals surface area contributed by atoms with Crippen LogP contribution in [0.1, 0.15) is 30.7 Å². The van der Waals surface area contributed by atoms with Crippen LogP contribution in [0.2, 0.25) is 0 Å². The number of amides is 1. The summed E-state index contributed by atoms with van der Waals surface area (Å²) < 4.78 is 57.6. The highest BCUT2D eigenvalue weighted by molar-refractivity contribution is 7.89. The van der Waals surface area contributed by atoms with Crippen LogP contribution in [0, 0.1) is 5.82 Å². The van der Waals surface area contributed by atoms with Gasteiger partial charge in [-0.25, -0.2) is 12.8 Å². The number of carbonyl (C=O) groups is 1. The second-order valence-corrected chi connectivity index (χ2v) is 10.8. The molecule has 37 heavy (non-hydrogen) atoms. The largest absolute Gasteiger partial charge is 0.497 e. The lowest BCUT2D eigenvalue weighted by atomic mass is 9.93. The molecule has 0 bridgehead atoms. The maximum absolute atomic E-state index is 13.4. The Hall–Kier alpha value is -2.99. The molecule has 11 heteroatoms. The van der Waals surface area contributed by atoms with E-state index in [4.69, 9.17) is 14.2 Å². The summed E-state index contributed by atoms with van der Waals surface area (Å²) >= 11 is 0. The number of halogens is 1. The van der Waals surface area contributed by atoms with E-state index < -0.39 is 16.3 Å². The fourth-order valence-corrected chi connectivity index (χ4v) is 5.41. The van der Waals surface area contributed by atoms with Gasteiger partial charge in [-0.1, -0.05) is 12.1 Å². The van der Waals surface area contributed by atoms with Crippen molar-refractivity contribution in [1.82, 2.24) is 9.62 Å². The van der Waals surface area contributed by atoms with E-state index in [1.54, 1.807) is 30.3 Å². The summed E-state index contributed by atoms with van der Waals surface area (Å²) in [5.74, 6) is -0.310. The first kappa shape index (κ1) is 27.1. The second-order valence-electron chi connectivity index (χ2n) is 8.89. The van der Waals surface area contributed by atoms with Crippen LogP contribution in [-0.2, 0) is 24.3 Å². The van der Waals surface area contributed by atoms with Gasteiger partial charge < -0.3 is 24.6 Å². The van der Waals surface area contributed by atoms with Crippen molar-refractivity contribution < 1.29 is 36.9 Å². The quantitative estimate of drug-likeness (QED) is 0.430. The van der Waals surface area contributed by atoms with Crippen LogP contribution < -0.4 is 10.1 Å². The van der Waals surface area contributed by atoms with Crippen LogP contribution in [0.5, 0.6) is 5.75 Å². The van der Waals surface area contributed by atoms with Crippen LogP contribution in [0.3, 0.4) is 0 Å². The molecule has 1 fully saturated rings. The van der Waals surface area contributed by atoms with Crippen molar-refractivity contribution in [3.8, 4) is 5.75 Å². The number of carbonyl (C=O) groups excluding carboxylic acids is 1. The van der Waals surface area contributed by atoms with Crippen molar-refractivity contribution in [1.29, 1.82) is 0 Å². The molecule has 1 aliphatic carbocycles. The molecule has 2 aromatic rings. The number of benzene rings is 2. The molecule has 0 spiro atoms. The number of aliphatic hydroxyl groups excluding tert-OH is 1. The molecule has 2 aromatic carbocycles. The molecular weight excluding hydrogens is 503 g/mol. The Morgan fingerprint density at radius 2 is 1.84 bits per heavy atom. The number of aliphatic hydroxyl groups is 1. The van der Waals surface area contributed by atoms with Crippen LogP contribution in [0.15, 0.2) is 65.3 Å². The summed E-state index contributed by atoms with van der Waals surface area (Å²) in [6.45, 7) is -0.552. The molecule has 200 valence electrons. The van der Waals surface area contributed by atoms with Gasteiger partial charge in [0.1, 0.15) is 11.6 Å². The van der Waals surface area contributed by atoms with Gasteiger partial charge in [-0.15, -0.1) is 0 Å². The summed E-state index contributed by atoms with van der Waals surface area (Å²) in [4.78, 5) is 12.7. The number of allylic oxidation sites excluding steroid dienone is 1. The number of nitrogens with zero attached hydrogens (tertiary/aromatic N) is 1. The Kier molecular flexibility index (Phi) is 8.80. The maximum atomic E-state index is 13.4. The molecular formula is C26H31FN2O7S. The lowest BCUT2D eigenvalue weighted by Crippen LogP contribution is -2.38. The number of nitrogens with one attached hydrogen (secondary N) is 1.